The molecule has 1 N–H and O–H groups in total. The molecule has 1 aliphatic rings. The van der Waals surface area contributed by atoms with E-state index in [9.17, 15) is 4.57 Å². The molecule has 2 atom stereocenters. The molecule has 0 aliphatic heterocycles. The Balaban J connectivity index is 1.78. The van der Waals surface area contributed by atoms with Crippen molar-refractivity contribution in [3.05, 3.63) is 96.1 Å². The molecule has 0 unspecified atom stereocenters. The maximum absolute atomic E-state index is 14.7. The fourth-order valence-electron chi connectivity index (χ4n) is 4.15. The summed E-state index contributed by atoms with van der Waals surface area (Å²) in [6.45, 7) is 11.4. The molecule has 0 spiro atoms. The van der Waals surface area contributed by atoms with Crippen LogP contribution in [0.25, 0.3) is 0 Å². The van der Waals surface area contributed by atoms with Gasteiger partial charge >= 0.3 is 0 Å². The van der Waals surface area contributed by atoms with Crippen molar-refractivity contribution in [2.24, 2.45) is 0 Å². The first-order valence-corrected chi connectivity index (χ1v) is 16.0. The fraction of sp³-hybridized carbons (Fsp3) is 0.333. The Hall–Kier alpha value is -1.97. The molecule has 0 amide bonds. The van der Waals surface area contributed by atoms with Gasteiger partial charge in [-0.15, -0.1) is 0 Å². The van der Waals surface area contributed by atoms with Gasteiger partial charge in [0.15, 0.2) is 8.32 Å². The van der Waals surface area contributed by atoms with Crippen molar-refractivity contribution in [3.63, 3.8) is 0 Å². The van der Waals surface area contributed by atoms with E-state index < -0.39 is 15.6 Å². The zero-order valence-corrected chi connectivity index (χ0v) is 21.6. The van der Waals surface area contributed by atoms with Crippen molar-refractivity contribution < 1.29 is 8.99 Å². The predicted octanol–water partition coefficient (Wildman–Crippen LogP) is 6.19. The van der Waals surface area contributed by atoms with Crippen LogP contribution >= 0.6 is 7.29 Å². The first kappa shape index (κ1) is 23.2. The van der Waals surface area contributed by atoms with Gasteiger partial charge in [-0.2, -0.15) is 0 Å². The van der Waals surface area contributed by atoms with Gasteiger partial charge in [0.05, 0.1) is 12.1 Å². The molecular formula is C27H34NO2PSi. The summed E-state index contributed by atoms with van der Waals surface area (Å²) in [5.74, 6) is 0. The third-order valence-corrected chi connectivity index (χ3v) is 14.2. The van der Waals surface area contributed by atoms with Crippen LogP contribution in [0.4, 0.5) is 0 Å². The zero-order valence-electron chi connectivity index (χ0n) is 19.7. The topological polar surface area (TPSA) is 38.3 Å². The Kier molecular flexibility index (Phi) is 6.35. The average Bonchev–Trinajstić information content (AvgIpc) is 3.10. The van der Waals surface area contributed by atoms with Gasteiger partial charge in [-0.05, 0) is 59.9 Å². The van der Waals surface area contributed by atoms with Crippen LogP contribution in [0.3, 0.4) is 0 Å². The summed E-state index contributed by atoms with van der Waals surface area (Å²) in [6, 6.07) is 28.0. The van der Waals surface area contributed by atoms with E-state index in [1.165, 1.54) is 11.1 Å². The molecule has 32 heavy (non-hydrogen) atoms. The van der Waals surface area contributed by atoms with Gasteiger partial charge in [-0.3, -0.25) is 4.57 Å². The van der Waals surface area contributed by atoms with Gasteiger partial charge in [-0.1, -0.05) is 81.4 Å². The lowest BCUT2D eigenvalue weighted by molar-refractivity contribution is 0.158. The number of benzene rings is 3. The molecule has 0 bridgehead atoms. The molecule has 0 radical (unpaired) electrons. The monoisotopic (exact) mass is 463 g/mol. The molecule has 5 heteroatoms. The minimum absolute atomic E-state index is 0.0472. The summed E-state index contributed by atoms with van der Waals surface area (Å²) in [4.78, 5) is 0. The molecule has 0 fully saturated rings. The van der Waals surface area contributed by atoms with Gasteiger partial charge in [0.2, 0.25) is 7.29 Å². The summed E-state index contributed by atoms with van der Waals surface area (Å²) in [5, 5.41) is 5.41. The van der Waals surface area contributed by atoms with E-state index in [1.807, 2.05) is 60.7 Å². The number of fused-ring (bicyclic) bond motifs is 1. The minimum Gasteiger partial charge on any atom is -0.412 e. The van der Waals surface area contributed by atoms with E-state index in [-0.39, 0.29) is 17.2 Å². The van der Waals surface area contributed by atoms with Crippen LogP contribution in [-0.4, -0.2) is 14.4 Å². The Morgan fingerprint density at radius 3 is 1.88 bits per heavy atom. The number of hydrogen-bond acceptors (Lipinski definition) is 2. The highest BCUT2D eigenvalue weighted by Gasteiger charge is 2.45. The van der Waals surface area contributed by atoms with Crippen molar-refractivity contribution >= 4 is 26.2 Å². The van der Waals surface area contributed by atoms with Crippen molar-refractivity contribution in [2.75, 3.05) is 0 Å². The molecule has 168 valence electrons. The normalized spacial score (nSPS) is 19.0. The van der Waals surface area contributed by atoms with Gasteiger partial charge in [0.1, 0.15) is 0 Å². The molecule has 3 aromatic carbocycles. The average molecular weight is 464 g/mol. The molecule has 0 saturated carbocycles. The van der Waals surface area contributed by atoms with Crippen LogP contribution in [0.2, 0.25) is 18.1 Å². The second kappa shape index (κ2) is 8.76. The van der Waals surface area contributed by atoms with Gasteiger partial charge in [0, 0.05) is 10.6 Å². The summed E-state index contributed by atoms with van der Waals surface area (Å²) < 4.78 is 21.7. The van der Waals surface area contributed by atoms with Gasteiger partial charge in [-0.25, -0.2) is 5.09 Å². The predicted molar refractivity (Wildman–Crippen MR) is 138 cm³/mol. The highest BCUT2D eigenvalue weighted by molar-refractivity contribution is 7.76. The number of nitrogens with one attached hydrogen (secondary N) is 1. The minimum atomic E-state index is -3.09. The van der Waals surface area contributed by atoms with Crippen LogP contribution < -0.4 is 15.7 Å². The number of hydrogen-bond donors (Lipinski definition) is 1. The van der Waals surface area contributed by atoms with E-state index in [2.05, 4.69) is 63.2 Å². The zero-order chi connectivity index (χ0) is 23.0. The summed E-state index contributed by atoms with van der Waals surface area (Å²) >= 11 is 0. The number of rotatable bonds is 6. The van der Waals surface area contributed by atoms with Crippen LogP contribution in [0.1, 0.15) is 37.9 Å². The van der Waals surface area contributed by atoms with E-state index in [0.29, 0.717) is 0 Å². The Morgan fingerprint density at radius 2 is 1.34 bits per heavy atom. The van der Waals surface area contributed by atoms with E-state index in [4.69, 9.17) is 4.43 Å². The van der Waals surface area contributed by atoms with Crippen LogP contribution in [0, 0.1) is 0 Å². The molecule has 3 nitrogen and oxygen atoms in total. The second-order valence-corrected chi connectivity index (χ2v) is 17.5. The fourth-order valence-corrected chi connectivity index (χ4v) is 7.95. The second-order valence-electron chi connectivity index (χ2n) is 10.2. The smallest absolute Gasteiger partial charge is 0.205 e. The van der Waals surface area contributed by atoms with Crippen LogP contribution in [-0.2, 0) is 15.4 Å². The molecular weight excluding hydrogens is 429 g/mol. The molecule has 4 rings (SSSR count). The Labute approximate surface area is 193 Å². The largest absolute Gasteiger partial charge is 0.412 e. The van der Waals surface area contributed by atoms with Crippen LogP contribution in [0.15, 0.2) is 84.9 Å². The van der Waals surface area contributed by atoms with Gasteiger partial charge < -0.3 is 4.43 Å². The van der Waals surface area contributed by atoms with Crippen molar-refractivity contribution in [2.45, 2.75) is 57.5 Å². The third-order valence-electron chi connectivity index (χ3n) is 7.00. The maximum atomic E-state index is 14.7. The summed E-state index contributed by atoms with van der Waals surface area (Å²) in [7, 11) is -5.10. The molecule has 0 aromatic heterocycles. The van der Waals surface area contributed by atoms with Gasteiger partial charge in [0.25, 0.3) is 0 Å². The summed E-state index contributed by atoms with van der Waals surface area (Å²) in [6.07, 6.45) is 0.790. The first-order chi connectivity index (χ1) is 15.1. The van der Waals surface area contributed by atoms with E-state index in [1.54, 1.807) is 0 Å². The summed E-state index contributed by atoms with van der Waals surface area (Å²) in [5.41, 5.74) is 2.48. The Morgan fingerprint density at radius 1 is 0.844 bits per heavy atom. The SMILES string of the molecule is CC(C)(C)[Si](C)(C)O[C@H]1Cc2ccccc2[C@@H]1NP(=O)(c1ccccc1)c1ccccc1. The lowest BCUT2D eigenvalue weighted by Gasteiger charge is -2.40. The molecule has 1 aliphatic carbocycles. The maximum Gasteiger partial charge on any atom is 0.205 e. The van der Waals surface area contributed by atoms with Crippen molar-refractivity contribution in [1.82, 2.24) is 5.09 Å². The third kappa shape index (κ3) is 4.42. The lowest BCUT2D eigenvalue weighted by atomic mass is 10.1. The van der Waals surface area contributed by atoms with E-state index in [0.717, 1.165) is 17.0 Å². The first-order valence-electron chi connectivity index (χ1n) is 11.4. The lowest BCUT2D eigenvalue weighted by Crippen LogP contribution is -2.47. The highest BCUT2D eigenvalue weighted by Crippen LogP contribution is 2.47. The van der Waals surface area contributed by atoms with Crippen LogP contribution in [0.5, 0.6) is 0 Å². The van der Waals surface area contributed by atoms with Crippen molar-refractivity contribution in [3.8, 4) is 0 Å². The van der Waals surface area contributed by atoms with E-state index >= 15 is 0 Å². The molecule has 0 heterocycles. The molecule has 0 saturated heterocycles. The molecule has 3 aromatic rings. The quantitative estimate of drug-likeness (QED) is 0.350. The van der Waals surface area contributed by atoms with Crippen molar-refractivity contribution in [1.29, 1.82) is 0 Å². The highest BCUT2D eigenvalue weighted by atomic mass is 31.2. The Bertz CT molecular complexity index is 1070. The standard InChI is InChI=1S/C27H34NO2PSi/c1-27(2,3)32(4,5)30-25-20-21-14-12-13-19-24(21)26(25)28-31(29,22-15-8-6-9-16-22)23-17-10-7-11-18-23/h6-19,25-26H,20H2,1-5H3,(H,28,29)/t25-,26-/m0/s1.